The maximum atomic E-state index is 13.0. The first-order chi connectivity index (χ1) is 44.1. The molecule has 0 aliphatic carbocycles. The molecule has 19 heteroatoms. The number of esters is 4. The predicted molar refractivity (Wildman–Crippen MR) is 372 cm³/mol. The second-order valence-electron chi connectivity index (χ2n) is 28.2. The van der Waals surface area contributed by atoms with Gasteiger partial charge in [0.1, 0.15) is 19.3 Å². The van der Waals surface area contributed by atoms with Crippen molar-refractivity contribution in [3.05, 3.63) is 0 Å². The molecule has 0 aliphatic rings. The maximum absolute atomic E-state index is 13.0. The summed E-state index contributed by atoms with van der Waals surface area (Å²) in [6.45, 7) is 14.1. The average molecular weight is 1350 g/mol. The number of carbonyl (C=O) groups excluding carboxylic acids is 4. The number of rotatable bonds is 70. The van der Waals surface area contributed by atoms with Gasteiger partial charge in [-0.05, 0) is 49.4 Å². The van der Waals surface area contributed by atoms with Crippen molar-refractivity contribution in [2.24, 2.45) is 23.7 Å². The number of phosphoric ester groups is 2. The molecule has 17 nitrogen and oxygen atoms in total. The summed E-state index contributed by atoms with van der Waals surface area (Å²) in [6, 6.07) is 0. The Kier molecular flexibility index (Phi) is 61.3. The van der Waals surface area contributed by atoms with Crippen LogP contribution in [0.5, 0.6) is 0 Å². The van der Waals surface area contributed by atoms with Gasteiger partial charge in [0.25, 0.3) is 0 Å². The van der Waals surface area contributed by atoms with Crippen molar-refractivity contribution in [3.8, 4) is 0 Å². The molecule has 0 spiro atoms. The third-order valence-electron chi connectivity index (χ3n) is 16.8. The zero-order valence-electron chi connectivity index (χ0n) is 60.2. The predicted octanol–water partition coefficient (Wildman–Crippen LogP) is 20.9. The number of hydrogen-bond acceptors (Lipinski definition) is 15. The Hall–Kier alpha value is -1.94. The van der Waals surface area contributed by atoms with E-state index >= 15 is 0 Å². The molecule has 0 heterocycles. The van der Waals surface area contributed by atoms with Gasteiger partial charge in [0.15, 0.2) is 12.2 Å². The summed E-state index contributed by atoms with van der Waals surface area (Å²) in [5.41, 5.74) is 0. The molecule has 0 aliphatic heterocycles. The van der Waals surface area contributed by atoms with Gasteiger partial charge in [-0.1, -0.05) is 312 Å². The summed E-state index contributed by atoms with van der Waals surface area (Å²) in [4.78, 5) is 72.7. The molecule has 4 atom stereocenters. The van der Waals surface area contributed by atoms with E-state index in [0.717, 1.165) is 114 Å². The molecule has 0 radical (unpaired) electrons. The first-order valence-electron chi connectivity index (χ1n) is 37.7. The number of ether oxygens (including phenoxy) is 4. The molecule has 92 heavy (non-hydrogen) atoms. The summed E-state index contributed by atoms with van der Waals surface area (Å²) in [6.07, 6.45) is 45.7. The van der Waals surface area contributed by atoms with Crippen molar-refractivity contribution in [2.75, 3.05) is 39.6 Å². The van der Waals surface area contributed by atoms with Gasteiger partial charge in [-0.25, -0.2) is 9.13 Å². The van der Waals surface area contributed by atoms with Crippen molar-refractivity contribution in [2.45, 2.75) is 382 Å². The van der Waals surface area contributed by atoms with Crippen LogP contribution in [0.1, 0.15) is 364 Å². The van der Waals surface area contributed by atoms with E-state index in [-0.39, 0.29) is 25.7 Å². The fourth-order valence-electron chi connectivity index (χ4n) is 11.0. The second-order valence-corrected chi connectivity index (χ2v) is 31.1. The molecule has 0 aromatic carbocycles. The lowest BCUT2D eigenvalue weighted by molar-refractivity contribution is -0.161. The Bertz CT molecular complexity index is 1690. The van der Waals surface area contributed by atoms with E-state index in [4.69, 9.17) is 37.0 Å². The zero-order chi connectivity index (χ0) is 68.2. The first kappa shape index (κ1) is 90.1. The normalized spacial score (nSPS) is 14.2. The van der Waals surface area contributed by atoms with Crippen molar-refractivity contribution in [1.82, 2.24) is 0 Å². The summed E-state index contributed by atoms with van der Waals surface area (Å²) in [5, 5.41) is 10.6. The van der Waals surface area contributed by atoms with E-state index in [1.54, 1.807) is 0 Å². The monoisotopic (exact) mass is 1350 g/mol. The van der Waals surface area contributed by atoms with Gasteiger partial charge in [0, 0.05) is 25.7 Å². The molecule has 0 rings (SSSR count). The summed E-state index contributed by atoms with van der Waals surface area (Å²) in [7, 11) is -9.91. The second kappa shape index (κ2) is 62.6. The van der Waals surface area contributed by atoms with Gasteiger partial charge in [-0.15, -0.1) is 0 Å². The average Bonchev–Trinajstić information content (AvgIpc) is 3.46. The molecule has 3 N–H and O–H groups in total. The third-order valence-corrected chi connectivity index (χ3v) is 18.7. The van der Waals surface area contributed by atoms with Crippen LogP contribution in [0.2, 0.25) is 0 Å². The van der Waals surface area contributed by atoms with Crippen LogP contribution < -0.4 is 0 Å². The van der Waals surface area contributed by atoms with Crippen molar-refractivity contribution >= 4 is 39.5 Å². The van der Waals surface area contributed by atoms with E-state index in [0.29, 0.717) is 25.7 Å². The molecule has 0 saturated carbocycles. The molecular weight excluding hydrogens is 1210 g/mol. The highest BCUT2D eigenvalue weighted by atomic mass is 31.2. The highest BCUT2D eigenvalue weighted by Gasteiger charge is 2.30. The highest BCUT2D eigenvalue weighted by molar-refractivity contribution is 7.47. The maximum Gasteiger partial charge on any atom is 0.472 e. The minimum absolute atomic E-state index is 0.105. The molecule has 0 amide bonds. The fourth-order valence-corrected chi connectivity index (χ4v) is 12.6. The van der Waals surface area contributed by atoms with Crippen LogP contribution >= 0.6 is 15.6 Å². The molecule has 0 bridgehead atoms. The van der Waals surface area contributed by atoms with E-state index in [9.17, 15) is 43.2 Å². The molecule has 0 aromatic heterocycles. The van der Waals surface area contributed by atoms with Crippen LogP contribution in [-0.4, -0.2) is 96.7 Å². The molecular formula is C73H142O17P2. The topological polar surface area (TPSA) is 237 Å². The number of carbonyl (C=O) groups is 4. The van der Waals surface area contributed by atoms with Gasteiger partial charge in [-0.2, -0.15) is 0 Å². The lowest BCUT2D eigenvalue weighted by atomic mass is 10.0. The number of aliphatic hydroxyl groups is 1. The minimum atomic E-state index is -4.95. The van der Waals surface area contributed by atoms with Crippen molar-refractivity contribution in [3.63, 3.8) is 0 Å². The molecule has 0 aromatic rings. The Morgan fingerprint density at radius 2 is 0.457 bits per heavy atom. The molecule has 0 saturated heterocycles. The van der Waals surface area contributed by atoms with E-state index in [2.05, 4.69) is 55.4 Å². The standard InChI is InChI=1S/C73H142O17P2/c1-63(2)49-41-33-25-17-9-13-21-29-37-45-53-70(75)83-59-68(89-72(77)55-47-39-31-23-15-11-19-27-35-43-51-65(5)6)61-87-91(79,80)85-57-67(74)58-86-92(81,82)88-62-69(90-73(78)56-48-40-32-24-16-12-20-28-36-44-52-66(7)8)60-84-71(76)54-46-38-30-22-14-10-18-26-34-42-50-64(3)4/h63-69,74H,9-62H2,1-8H3,(H,79,80)(H,81,82). The highest BCUT2D eigenvalue weighted by Crippen LogP contribution is 2.45. The van der Waals surface area contributed by atoms with Crippen molar-refractivity contribution < 1.29 is 80.2 Å². The zero-order valence-corrected chi connectivity index (χ0v) is 62.0. The van der Waals surface area contributed by atoms with E-state index in [1.807, 2.05) is 0 Å². The van der Waals surface area contributed by atoms with Crippen LogP contribution in [0.4, 0.5) is 0 Å². The van der Waals surface area contributed by atoms with E-state index < -0.39 is 97.5 Å². The Labute approximate surface area is 562 Å². The van der Waals surface area contributed by atoms with Gasteiger partial charge in [0.05, 0.1) is 26.4 Å². The number of aliphatic hydroxyl groups excluding tert-OH is 1. The van der Waals surface area contributed by atoms with Crippen LogP contribution in [0, 0.1) is 23.7 Å². The lowest BCUT2D eigenvalue weighted by Gasteiger charge is -2.21. The van der Waals surface area contributed by atoms with Crippen LogP contribution in [0.15, 0.2) is 0 Å². The largest absolute Gasteiger partial charge is 0.472 e. The van der Waals surface area contributed by atoms with Gasteiger partial charge in [0.2, 0.25) is 0 Å². The summed E-state index contributed by atoms with van der Waals surface area (Å²) >= 11 is 0. The van der Waals surface area contributed by atoms with Gasteiger partial charge < -0.3 is 33.8 Å². The molecule has 4 unspecified atom stereocenters. The number of unbranched alkanes of at least 4 members (excludes halogenated alkanes) is 36. The Morgan fingerprint density at radius 3 is 0.674 bits per heavy atom. The first-order valence-corrected chi connectivity index (χ1v) is 40.7. The lowest BCUT2D eigenvalue weighted by Crippen LogP contribution is -2.30. The van der Waals surface area contributed by atoms with Crippen LogP contribution in [0.3, 0.4) is 0 Å². The van der Waals surface area contributed by atoms with Gasteiger partial charge >= 0.3 is 39.5 Å². The number of hydrogen-bond donors (Lipinski definition) is 3. The smallest absolute Gasteiger partial charge is 0.462 e. The van der Waals surface area contributed by atoms with E-state index in [1.165, 1.54) is 167 Å². The quantitative estimate of drug-likeness (QED) is 0.0222. The fraction of sp³-hybridized carbons (Fsp3) is 0.945. The summed E-state index contributed by atoms with van der Waals surface area (Å²) < 4.78 is 68.4. The number of phosphoric acid groups is 2. The van der Waals surface area contributed by atoms with Crippen molar-refractivity contribution in [1.29, 1.82) is 0 Å². The van der Waals surface area contributed by atoms with Crippen LogP contribution in [0.25, 0.3) is 0 Å². The summed E-state index contributed by atoms with van der Waals surface area (Å²) in [5.74, 6) is 0.897. The van der Waals surface area contributed by atoms with Crippen LogP contribution in [-0.2, 0) is 65.4 Å². The molecule has 546 valence electrons. The minimum Gasteiger partial charge on any atom is -0.462 e. The third kappa shape index (κ3) is 66.7. The SMILES string of the molecule is CC(C)CCCCCCCCCCCCC(=O)OCC(COP(=O)(O)OCC(O)COP(=O)(O)OCC(COC(=O)CCCCCCCCCCCCC(C)C)OC(=O)CCCCCCCCCCCCC(C)C)OC(=O)CCCCCCCCCCCCC(C)C. The Morgan fingerprint density at radius 1 is 0.272 bits per heavy atom. The Balaban J connectivity index is 5.27. The molecule has 0 fully saturated rings. The van der Waals surface area contributed by atoms with Gasteiger partial charge in [-0.3, -0.25) is 37.3 Å².